The van der Waals surface area contributed by atoms with Crippen molar-refractivity contribution in [1.29, 1.82) is 0 Å². The first kappa shape index (κ1) is 30.2. The molecule has 0 amide bonds. The fourth-order valence-electron chi connectivity index (χ4n) is 7.75. The maximum absolute atomic E-state index is 15.1. The van der Waals surface area contributed by atoms with Gasteiger partial charge < -0.3 is 14.2 Å². The van der Waals surface area contributed by atoms with Crippen LogP contribution in [0.5, 0.6) is 5.75 Å². The number of Topliss-reactive ketones (excluding diaryl/α,β-unsaturated/α-hetero) is 2. The number of benzene rings is 3. The van der Waals surface area contributed by atoms with Gasteiger partial charge in [-0.1, -0.05) is 70.5 Å². The van der Waals surface area contributed by atoms with E-state index in [-0.39, 0.29) is 11.6 Å². The summed E-state index contributed by atoms with van der Waals surface area (Å²) in [6.07, 6.45) is 0. The van der Waals surface area contributed by atoms with Crippen LogP contribution in [0.2, 0.25) is 0 Å². The van der Waals surface area contributed by atoms with Crippen LogP contribution in [0.25, 0.3) is 0 Å². The maximum Gasteiger partial charge on any atom is 0.331 e. The van der Waals surface area contributed by atoms with Crippen LogP contribution >= 0.6 is 15.9 Å². The highest BCUT2D eigenvalue weighted by Crippen LogP contribution is 2.59. The molecule has 0 unspecified atom stereocenters. The number of hydrogen-bond acceptors (Lipinski definition) is 9. The Kier molecular flexibility index (Phi) is 7.72. The van der Waals surface area contributed by atoms with Crippen molar-refractivity contribution in [3.63, 3.8) is 0 Å². The summed E-state index contributed by atoms with van der Waals surface area (Å²) in [5.74, 6) is -5.42. The van der Waals surface area contributed by atoms with Crippen molar-refractivity contribution < 1.29 is 33.4 Å². The molecule has 44 heavy (non-hydrogen) atoms. The molecule has 3 aliphatic rings. The van der Waals surface area contributed by atoms with Gasteiger partial charge >= 0.3 is 11.9 Å². The van der Waals surface area contributed by atoms with Gasteiger partial charge in [0.05, 0.1) is 39.1 Å². The van der Waals surface area contributed by atoms with Crippen molar-refractivity contribution in [1.82, 2.24) is 10.6 Å². The Morgan fingerprint density at radius 2 is 1.23 bits per heavy atom. The smallest absolute Gasteiger partial charge is 0.331 e. The first-order valence-electron chi connectivity index (χ1n) is 14.4. The van der Waals surface area contributed by atoms with Crippen LogP contribution < -0.4 is 15.4 Å². The van der Waals surface area contributed by atoms with Crippen molar-refractivity contribution in [3.05, 3.63) is 100 Å². The summed E-state index contributed by atoms with van der Waals surface area (Å²) in [5.41, 5.74) is -1.23. The zero-order valence-electron chi connectivity index (χ0n) is 24.7. The summed E-state index contributed by atoms with van der Waals surface area (Å²) >= 11 is 3.46. The van der Waals surface area contributed by atoms with Crippen molar-refractivity contribution in [3.8, 4) is 5.75 Å². The van der Waals surface area contributed by atoms with Crippen molar-refractivity contribution in [2.75, 3.05) is 21.3 Å². The van der Waals surface area contributed by atoms with Crippen LogP contribution in [0.1, 0.15) is 35.7 Å². The molecule has 0 aromatic heterocycles. The molecule has 3 aromatic carbocycles. The molecule has 10 heteroatoms. The van der Waals surface area contributed by atoms with Gasteiger partial charge in [0.15, 0.2) is 5.54 Å². The molecule has 0 radical (unpaired) electrons. The number of methoxy groups -OCH3 is 3. The van der Waals surface area contributed by atoms with Gasteiger partial charge in [0.25, 0.3) is 0 Å². The minimum absolute atomic E-state index is 0.297. The van der Waals surface area contributed by atoms with E-state index in [2.05, 4.69) is 26.6 Å². The Balaban J connectivity index is 1.59. The average Bonchev–Trinajstić information content (AvgIpc) is 3.59. The number of ketones is 2. The molecule has 0 spiro atoms. The number of hydrogen-bond donors (Lipinski definition) is 2. The van der Waals surface area contributed by atoms with E-state index in [4.69, 9.17) is 14.2 Å². The van der Waals surface area contributed by atoms with E-state index in [1.54, 1.807) is 50.4 Å². The van der Waals surface area contributed by atoms with Crippen molar-refractivity contribution >= 4 is 39.4 Å². The normalized spacial score (nSPS) is 32.5. The second kappa shape index (κ2) is 11.3. The van der Waals surface area contributed by atoms with E-state index in [1.165, 1.54) is 14.2 Å². The number of fused-ring (bicyclic) bond motifs is 2. The predicted octanol–water partition coefficient (Wildman–Crippen LogP) is 4.06. The Hall–Kier alpha value is -3.86. The number of ether oxygens (including phenoxy) is 3. The lowest BCUT2D eigenvalue weighted by molar-refractivity contribution is -0.161. The first-order valence-corrected chi connectivity index (χ1v) is 15.2. The zero-order valence-corrected chi connectivity index (χ0v) is 26.3. The van der Waals surface area contributed by atoms with Crippen LogP contribution in [0.3, 0.4) is 0 Å². The third-order valence-electron chi connectivity index (χ3n) is 9.68. The van der Waals surface area contributed by atoms with Crippen LogP contribution in [0, 0.1) is 23.7 Å². The second-order valence-electron chi connectivity index (χ2n) is 11.7. The van der Waals surface area contributed by atoms with Gasteiger partial charge in [0, 0.05) is 22.5 Å². The Labute approximate surface area is 263 Å². The van der Waals surface area contributed by atoms with E-state index in [0.29, 0.717) is 16.9 Å². The molecule has 1 saturated carbocycles. The molecule has 1 aliphatic carbocycles. The molecule has 0 bridgehead atoms. The largest absolute Gasteiger partial charge is 0.497 e. The van der Waals surface area contributed by atoms with Gasteiger partial charge in [-0.2, -0.15) is 0 Å². The highest BCUT2D eigenvalue weighted by atomic mass is 79.9. The van der Waals surface area contributed by atoms with Crippen LogP contribution in [-0.2, 0) is 34.2 Å². The molecular weight excluding hydrogens is 628 g/mol. The maximum atomic E-state index is 15.1. The van der Waals surface area contributed by atoms with Gasteiger partial charge in [0.2, 0.25) is 0 Å². The molecule has 2 saturated heterocycles. The minimum atomic E-state index is -1.67. The molecule has 8 atom stereocenters. The standard InChI is InChI=1S/C34H33BrN2O7/c1-33(31(40)43-3)25-23(27(36-33)18-10-14-21(35)15-11-18)30(39)26-24(29(25)38)28(19-12-16-22(42-2)17-13-19)37-34(26,32(41)44-4)20-8-6-5-7-9-20/h5-17,23-28,36-37H,1-4H3/t23-,24+,25-,26+,27-,28+,33-,34+/m1/s1. The number of carbonyl (C=O) groups is 4. The summed E-state index contributed by atoms with van der Waals surface area (Å²) in [7, 11) is 4.10. The summed E-state index contributed by atoms with van der Waals surface area (Å²) in [6, 6.07) is 22.0. The van der Waals surface area contributed by atoms with Crippen LogP contribution in [0.15, 0.2) is 83.3 Å². The fraction of sp³-hybridized carbons (Fsp3) is 0.353. The van der Waals surface area contributed by atoms with Gasteiger partial charge in [-0.3, -0.25) is 25.0 Å². The lowest BCUT2D eigenvalue weighted by Crippen LogP contribution is -2.60. The molecular formula is C34H33BrN2O7. The third-order valence-corrected chi connectivity index (χ3v) is 10.2. The highest BCUT2D eigenvalue weighted by Gasteiger charge is 2.74. The lowest BCUT2D eigenvalue weighted by Gasteiger charge is -2.42. The molecule has 3 aromatic rings. The van der Waals surface area contributed by atoms with Gasteiger partial charge in [0.1, 0.15) is 22.9 Å². The predicted molar refractivity (Wildman–Crippen MR) is 163 cm³/mol. The SMILES string of the molecule is COC(=O)[C@]1(C)N[C@H](c2ccc(Br)cc2)[C@@H]2C(=O)[C@@H]3[C@H](C(=O)[C@@H]21)[C@H](c1ccc(OC)cc1)N[C@@]3(C(=O)OC)c1ccccc1. The van der Waals surface area contributed by atoms with Crippen LogP contribution in [0.4, 0.5) is 0 Å². The van der Waals surface area contributed by atoms with Gasteiger partial charge in [-0.05, 0) is 47.9 Å². The monoisotopic (exact) mass is 660 g/mol. The molecule has 2 aliphatic heterocycles. The summed E-state index contributed by atoms with van der Waals surface area (Å²) in [5, 5.41) is 6.79. The quantitative estimate of drug-likeness (QED) is 0.377. The van der Waals surface area contributed by atoms with Crippen LogP contribution in [-0.4, -0.2) is 50.4 Å². The number of esters is 2. The zero-order chi connectivity index (χ0) is 31.4. The van der Waals surface area contributed by atoms with E-state index >= 15 is 9.59 Å². The number of nitrogens with one attached hydrogen (secondary N) is 2. The molecule has 228 valence electrons. The summed E-state index contributed by atoms with van der Waals surface area (Å²) in [4.78, 5) is 57.6. The Morgan fingerprint density at radius 1 is 0.705 bits per heavy atom. The van der Waals surface area contributed by atoms with E-state index in [0.717, 1.165) is 10.0 Å². The summed E-state index contributed by atoms with van der Waals surface area (Å²) < 4.78 is 16.8. The van der Waals surface area contributed by atoms with Crippen molar-refractivity contribution in [2.24, 2.45) is 23.7 Å². The first-order chi connectivity index (χ1) is 21.1. The Morgan fingerprint density at radius 3 is 1.80 bits per heavy atom. The molecule has 3 fully saturated rings. The van der Waals surface area contributed by atoms with E-state index in [1.807, 2.05) is 42.5 Å². The third kappa shape index (κ3) is 4.34. The number of rotatable bonds is 6. The molecule has 2 heterocycles. The lowest BCUT2D eigenvalue weighted by atomic mass is 9.57. The number of carbonyl (C=O) groups excluding carboxylic acids is 4. The Bertz CT molecular complexity index is 1610. The molecule has 2 N–H and O–H groups in total. The van der Waals surface area contributed by atoms with Gasteiger partial charge in [-0.15, -0.1) is 0 Å². The van der Waals surface area contributed by atoms with E-state index < -0.39 is 58.8 Å². The average molecular weight is 662 g/mol. The molecule has 6 rings (SSSR count). The topological polar surface area (TPSA) is 120 Å². The second-order valence-corrected chi connectivity index (χ2v) is 12.7. The van der Waals surface area contributed by atoms with Gasteiger partial charge in [-0.25, -0.2) is 4.79 Å². The highest BCUT2D eigenvalue weighted by molar-refractivity contribution is 9.10. The van der Waals surface area contributed by atoms with E-state index in [9.17, 15) is 9.59 Å². The van der Waals surface area contributed by atoms with Crippen molar-refractivity contribution in [2.45, 2.75) is 30.1 Å². The molecule has 9 nitrogen and oxygen atoms in total. The minimum Gasteiger partial charge on any atom is -0.497 e. The fourth-order valence-corrected chi connectivity index (χ4v) is 8.02. The number of halogens is 1. The summed E-state index contributed by atoms with van der Waals surface area (Å²) in [6.45, 7) is 1.62.